The molecule has 2 aromatic rings. The first-order valence-corrected chi connectivity index (χ1v) is 7.08. The van der Waals surface area contributed by atoms with Crippen molar-refractivity contribution in [3.8, 4) is 0 Å². The Labute approximate surface area is 124 Å². The highest BCUT2D eigenvalue weighted by molar-refractivity contribution is 5.21. The Kier molecular flexibility index (Phi) is 4.06. The summed E-state index contributed by atoms with van der Waals surface area (Å²) in [6.07, 6.45) is 1.85. The van der Waals surface area contributed by atoms with Crippen LogP contribution in [0.15, 0.2) is 27.5 Å². The number of halogens is 3. The molecule has 0 aliphatic carbocycles. The van der Waals surface area contributed by atoms with Crippen LogP contribution in [0.4, 0.5) is 13.2 Å². The van der Waals surface area contributed by atoms with Crippen molar-refractivity contribution in [3.63, 3.8) is 0 Å². The third-order valence-electron chi connectivity index (χ3n) is 3.97. The number of aromatic nitrogens is 1. The lowest BCUT2D eigenvalue weighted by Gasteiger charge is -2.29. The maximum Gasteiger partial charge on any atom is 0.280 e. The van der Waals surface area contributed by atoms with Gasteiger partial charge in [-0.3, -0.25) is 4.79 Å². The molecular formula is C15H15F3N2O2. The molecule has 0 spiro atoms. The van der Waals surface area contributed by atoms with Crippen LogP contribution in [0.3, 0.4) is 0 Å². The second-order valence-corrected chi connectivity index (χ2v) is 5.57. The van der Waals surface area contributed by atoms with Gasteiger partial charge in [0.25, 0.3) is 5.56 Å². The van der Waals surface area contributed by atoms with Gasteiger partial charge in [-0.05, 0) is 43.5 Å². The minimum Gasteiger partial charge on any atom is -0.383 e. The van der Waals surface area contributed by atoms with E-state index >= 15 is 0 Å². The van der Waals surface area contributed by atoms with Gasteiger partial charge in [-0.2, -0.15) is 5.16 Å². The molecule has 4 nitrogen and oxygen atoms in total. The van der Waals surface area contributed by atoms with Crippen LogP contribution in [-0.2, 0) is 6.42 Å². The molecular weight excluding hydrogens is 297 g/mol. The molecule has 1 aliphatic rings. The molecule has 1 fully saturated rings. The smallest absolute Gasteiger partial charge is 0.280 e. The molecule has 1 aromatic carbocycles. The SMILES string of the molecule is O=c1cc([C@H]2CCN[C@@H](Cc3cc(F)c(F)c(F)c3)C2)o[nH]1. The molecule has 0 radical (unpaired) electrons. The van der Waals surface area contributed by atoms with Crippen LogP contribution in [0.2, 0.25) is 0 Å². The summed E-state index contributed by atoms with van der Waals surface area (Å²) in [5.41, 5.74) is 0.109. The highest BCUT2D eigenvalue weighted by atomic mass is 19.2. The fourth-order valence-corrected chi connectivity index (χ4v) is 2.93. The lowest BCUT2D eigenvalue weighted by atomic mass is 9.87. The van der Waals surface area contributed by atoms with Crippen molar-refractivity contribution < 1.29 is 17.7 Å². The van der Waals surface area contributed by atoms with Gasteiger partial charge in [0.2, 0.25) is 0 Å². The highest BCUT2D eigenvalue weighted by Crippen LogP contribution is 2.28. The quantitative estimate of drug-likeness (QED) is 0.856. The number of H-pyrrole nitrogens is 1. The van der Waals surface area contributed by atoms with Gasteiger partial charge < -0.3 is 9.84 Å². The van der Waals surface area contributed by atoms with Crippen LogP contribution >= 0.6 is 0 Å². The Bertz CT molecular complexity index is 703. The largest absolute Gasteiger partial charge is 0.383 e. The van der Waals surface area contributed by atoms with Gasteiger partial charge in [-0.15, -0.1) is 0 Å². The van der Waals surface area contributed by atoms with Gasteiger partial charge >= 0.3 is 0 Å². The number of aromatic amines is 1. The maximum absolute atomic E-state index is 13.2. The van der Waals surface area contributed by atoms with Crippen LogP contribution in [-0.4, -0.2) is 17.7 Å². The highest BCUT2D eigenvalue weighted by Gasteiger charge is 2.26. The molecule has 0 amide bonds. The minimum absolute atomic E-state index is 0.0248. The van der Waals surface area contributed by atoms with Gasteiger partial charge in [0.1, 0.15) is 5.76 Å². The first-order valence-electron chi connectivity index (χ1n) is 7.08. The van der Waals surface area contributed by atoms with E-state index in [4.69, 9.17) is 4.52 Å². The Hall–Kier alpha value is -2.02. The van der Waals surface area contributed by atoms with E-state index < -0.39 is 17.5 Å². The third kappa shape index (κ3) is 3.09. The van der Waals surface area contributed by atoms with Gasteiger partial charge in [-0.25, -0.2) is 13.2 Å². The zero-order valence-corrected chi connectivity index (χ0v) is 11.7. The predicted molar refractivity (Wildman–Crippen MR) is 73.1 cm³/mol. The van der Waals surface area contributed by atoms with E-state index in [9.17, 15) is 18.0 Å². The van der Waals surface area contributed by atoms with E-state index in [0.717, 1.165) is 18.6 Å². The molecule has 0 saturated carbocycles. The van der Waals surface area contributed by atoms with Crippen molar-refractivity contribution >= 4 is 0 Å². The van der Waals surface area contributed by atoms with Crippen molar-refractivity contribution in [1.82, 2.24) is 10.5 Å². The maximum atomic E-state index is 13.2. The summed E-state index contributed by atoms with van der Waals surface area (Å²) in [7, 11) is 0. The van der Waals surface area contributed by atoms with Gasteiger partial charge in [-0.1, -0.05) is 0 Å². The minimum atomic E-state index is -1.45. The average Bonchev–Trinajstić information content (AvgIpc) is 2.92. The Morgan fingerprint density at radius 1 is 1.18 bits per heavy atom. The zero-order valence-electron chi connectivity index (χ0n) is 11.7. The first kappa shape index (κ1) is 14.9. The lowest BCUT2D eigenvalue weighted by molar-refractivity contribution is 0.292. The van der Waals surface area contributed by atoms with Crippen LogP contribution < -0.4 is 10.9 Å². The van der Waals surface area contributed by atoms with Crippen LogP contribution in [0, 0.1) is 17.5 Å². The lowest BCUT2D eigenvalue weighted by Crippen LogP contribution is -2.38. The Morgan fingerprint density at radius 2 is 1.91 bits per heavy atom. The average molecular weight is 312 g/mol. The molecule has 0 unspecified atom stereocenters. The summed E-state index contributed by atoms with van der Waals surface area (Å²) in [5, 5.41) is 5.52. The van der Waals surface area contributed by atoms with E-state index in [0.29, 0.717) is 30.7 Å². The van der Waals surface area contributed by atoms with Crippen molar-refractivity contribution in [2.24, 2.45) is 0 Å². The molecule has 7 heteroatoms. The molecule has 1 saturated heterocycles. The van der Waals surface area contributed by atoms with E-state index in [1.807, 2.05) is 0 Å². The van der Waals surface area contributed by atoms with Crippen LogP contribution in [0.5, 0.6) is 0 Å². The second-order valence-electron chi connectivity index (χ2n) is 5.57. The summed E-state index contributed by atoms with van der Waals surface area (Å²) in [6.45, 7) is 0.705. The molecule has 2 heterocycles. The van der Waals surface area contributed by atoms with Crippen molar-refractivity contribution in [3.05, 3.63) is 57.3 Å². The molecule has 3 rings (SSSR count). The molecule has 2 N–H and O–H groups in total. The zero-order chi connectivity index (χ0) is 15.7. The van der Waals surface area contributed by atoms with Crippen molar-refractivity contribution in [2.45, 2.75) is 31.2 Å². The topological polar surface area (TPSA) is 58.0 Å². The van der Waals surface area contributed by atoms with Gasteiger partial charge in [0.15, 0.2) is 17.5 Å². The fourth-order valence-electron chi connectivity index (χ4n) is 2.93. The fraction of sp³-hybridized carbons (Fsp3) is 0.400. The number of hydrogen-bond donors (Lipinski definition) is 2. The number of piperidine rings is 1. The summed E-state index contributed by atoms with van der Waals surface area (Å²) in [5.74, 6) is -3.15. The van der Waals surface area contributed by atoms with Gasteiger partial charge in [0.05, 0.1) is 0 Å². The summed E-state index contributed by atoms with van der Waals surface area (Å²) >= 11 is 0. The van der Waals surface area contributed by atoms with Crippen molar-refractivity contribution in [2.75, 3.05) is 6.54 Å². The Morgan fingerprint density at radius 3 is 2.55 bits per heavy atom. The van der Waals surface area contributed by atoms with Gasteiger partial charge in [0, 0.05) is 18.0 Å². The van der Waals surface area contributed by atoms with E-state index in [2.05, 4.69) is 10.5 Å². The standard InChI is InChI=1S/C15H15F3N2O2/c16-11-4-8(5-12(17)15(11)18)3-10-6-9(1-2-19-10)13-7-14(21)20-22-13/h4-5,7,9-10,19H,1-3,6H2,(H,20,21)/t9-,10-/m0/s1. The third-order valence-corrected chi connectivity index (χ3v) is 3.97. The number of benzene rings is 1. The predicted octanol–water partition coefficient (Wildman–Crippen LogP) is 2.46. The van der Waals surface area contributed by atoms with E-state index in [1.165, 1.54) is 6.07 Å². The number of nitrogens with one attached hydrogen (secondary N) is 2. The first-order chi connectivity index (χ1) is 10.5. The second kappa shape index (κ2) is 6.00. The summed E-state index contributed by atoms with van der Waals surface area (Å²) in [6, 6.07) is 3.42. The molecule has 2 atom stereocenters. The molecule has 118 valence electrons. The summed E-state index contributed by atoms with van der Waals surface area (Å²) in [4.78, 5) is 11.1. The van der Waals surface area contributed by atoms with Crippen molar-refractivity contribution in [1.29, 1.82) is 0 Å². The molecule has 0 bridgehead atoms. The molecule has 1 aromatic heterocycles. The van der Waals surface area contributed by atoms with Crippen LogP contribution in [0.1, 0.15) is 30.1 Å². The molecule has 22 heavy (non-hydrogen) atoms. The number of hydrogen-bond acceptors (Lipinski definition) is 3. The van der Waals surface area contributed by atoms with E-state index in [1.54, 1.807) is 0 Å². The normalized spacial score (nSPS) is 22.0. The van der Waals surface area contributed by atoms with Crippen LogP contribution in [0.25, 0.3) is 0 Å². The monoisotopic (exact) mass is 312 g/mol. The molecule has 1 aliphatic heterocycles. The van der Waals surface area contributed by atoms with E-state index in [-0.39, 0.29) is 17.5 Å². The Balaban J connectivity index is 1.71. The summed E-state index contributed by atoms with van der Waals surface area (Å²) < 4.78 is 44.6. The number of rotatable bonds is 3.